The molecule has 0 heterocycles. The van der Waals surface area contributed by atoms with E-state index in [0.717, 1.165) is 33.8 Å². The molecule has 2 N–H and O–H groups in total. The lowest BCUT2D eigenvalue weighted by atomic mass is 10.1. The zero-order valence-electron chi connectivity index (χ0n) is 15.5. The Bertz CT molecular complexity index is 1010. The first kappa shape index (κ1) is 20.3. The molecule has 3 rings (SSSR count). The molecule has 3 aromatic carbocycles. The van der Waals surface area contributed by atoms with Crippen molar-refractivity contribution in [3.63, 3.8) is 0 Å². The van der Waals surface area contributed by atoms with Gasteiger partial charge >= 0.3 is 0 Å². The summed E-state index contributed by atoms with van der Waals surface area (Å²) in [7, 11) is 0. The highest BCUT2D eigenvalue weighted by Crippen LogP contribution is 2.24. The molecule has 0 bridgehead atoms. The van der Waals surface area contributed by atoms with Crippen molar-refractivity contribution >= 4 is 55.6 Å². The van der Waals surface area contributed by atoms with Crippen LogP contribution in [-0.2, 0) is 0 Å². The molecule has 0 aliphatic heterocycles. The second-order valence-corrected chi connectivity index (χ2v) is 7.64. The van der Waals surface area contributed by atoms with Crippen LogP contribution in [0.2, 0.25) is 0 Å². The van der Waals surface area contributed by atoms with Gasteiger partial charge in [-0.2, -0.15) is 0 Å². The number of amides is 1. The highest BCUT2D eigenvalue weighted by molar-refractivity contribution is 9.10. The summed E-state index contributed by atoms with van der Waals surface area (Å²) >= 11 is 8.73. The summed E-state index contributed by atoms with van der Waals surface area (Å²) in [6.07, 6.45) is 1.96. The Morgan fingerprint density at radius 2 is 1.86 bits per heavy atom. The fourth-order valence-electron chi connectivity index (χ4n) is 2.73. The van der Waals surface area contributed by atoms with Gasteiger partial charge in [-0.05, 0) is 59.7 Å². The number of nitrogens with one attached hydrogen (secondary N) is 2. The quantitative estimate of drug-likeness (QED) is 0.357. The van der Waals surface area contributed by atoms with Crippen molar-refractivity contribution in [1.82, 2.24) is 5.32 Å². The maximum atomic E-state index is 12.7. The molecule has 0 aliphatic carbocycles. The summed E-state index contributed by atoms with van der Waals surface area (Å²) in [5.74, 6) is 0.230. The van der Waals surface area contributed by atoms with E-state index in [4.69, 9.17) is 17.0 Å². The Balaban J connectivity index is 1.69. The van der Waals surface area contributed by atoms with E-state index < -0.39 is 0 Å². The molecule has 1 amide bonds. The average molecular weight is 457 g/mol. The molecule has 0 saturated carbocycles. The van der Waals surface area contributed by atoms with Gasteiger partial charge in [0.2, 0.25) is 0 Å². The zero-order valence-corrected chi connectivity index (χ0v) is 17.9. The van der Waals surface area contributed by atoms with Gasteiger partial charge < -0.3 is 10.1 Å². The van der Waals surface area contributed by atoms with E-state index >= 15 is 0 Å². The second-order valence-electron chi connectivity index (χ2n) is 6.31. The third-order valence-electron chi connectivity index (χ3n) is 4.18. The number of hydrogen-bond acceptors (Lipinski definition) is 3. The molecule has 0 saturated heterocycles. The molecule has 4 nitrogen and oxygen atoms in total. The van der Waals surface area contributed by atoms with Gasteiger partial charge in [0, 0.05) is 10.2 Å². The number of thiocarbonyl (C=S) groups is 1. The average Bonchev–Trinajstić information content (AvgIpc) is 2.69. The fraction of sp³-hybridized carbons (Fsp3) is 0.182. The highest BCUT2D eigenvalue weighted by Gasteiger charge is 2.15. The Morgan fingerprint density at radius 3 is 2.64 bits per heavy atom. The van der Waals surface area contributed by atoms with Gasteiger partial charge in [-0.1, -0.05) is 59.6 Å². The molecule has 144 valence electrons. The molecule has 28 heavy (non-hydrogen) atoms. The molecule has 3 aromatic rings. The van der Waals surface area contributed by atoms with E-state index in [1.807, 2.05) is 48.5 Å². The van der Waals surface area contributed by atoms with Crippen molar-refractivity contribution < 1.29 is 9.53 Å². The molecule has 0 spiro atoms. The van der Waals surface area contributed by atoms with E-state index in [2.05, 4.69) is 33.5 Å². The van der Waals surface area contributed by atoms with Crippen molar-refractivity contribution in [2.75, 3.05) is 11.9 Å². The van der Waals surface area contributed by atoms with Crippen LogP contribution in [0.15, 0.2) is 65.1 Å². The third kappa shape index (κ3) is 5.30. The summed E-state index contributed by atoms with van der Waals surface area (Å²) in [4.78, 5) is 12.7. The van der Waals surface area contributed by atoms with Crippen molar-refractivity contribution in [2.45, 2.75) is 19.8 Å². The van der Waals surface area contributed by atoms with Crippen LogP contribution in [0.3, 0.4) is 0 Å². The lowest BCUT2D eigenvalue weighted by molar-refractivity contribution is 0.0973. The van der Waals surface area contributed by atoms with Crippen molar-refractivity contribution in [3.8, 4) is 5.75 Å². The number of hydrogen-bond donors (Lipinski definition) is 2. The topological polar surface area (TPSA) is 50.4 Å². The standard InChI is InChI=1S/C22H21BrN2O2S/c1-2-3-12-27-20-11-9-17(23)14-19(20)21(26)25-22(28)24-18-10-8-15-6-4-5-7-16(15)13-18/h4-11,13-14H,2-3,12H2,1H3,(H2,24,25,26,28). The summed E-state index contributed by atoms with van der Waals surface area (Å²) in [5.41, 5.74) is 1.26. The van der Waals surface area contributed by atoms with E-state index in [9.17, 15) is 4.79 Å². The van der Waals surface area contributed by atoms with Gasteiger partial charge in [0.1, 0.15) is 5.75 Å². The first-order valence-electron chi connectivity index (χ1n) is 9.10. The highest BCUT2D eigenvalue weighted by atomic mass is 79.9. The maximum absolute atomic E-state index is 12.7. The lowest BCUT2D eigenvalue weighted by Crippen LogP contribution is -2.34. The van der Waals surface area contributed by atoms with Crippen LogP contribution in [0.5, 0.6) is 5.75 Å². The van der Waals surface area contributed by atoms with Crippen LogP contribution in [0.25, 0.3) is 10.8 Å². The molecular weight excluding hydrogens is 436 g/mol. The van der Waals surface area contributed by atoms with Crippen molar-refractivity contribution in [3.05, 3.63) is 70.7 Å². The fourth-order valence-corrected chi connectivity index (χ4v) is 3.30. The van der Waals surface area contributed by atoms with Crippen LogP contribution < -0.4 is 15.4 Å². The SMILES string of the molecule is CCCCOc1ccc(Br)cc1C(=O)NC(=S)Nc1ccc2ccccc2c1. The van der Waals surface area contributed by atoms with Crippen LogP contribution in [0.4, 0.5) is 5.69 Å². The maximum Gasteiger partial charge on any atom is 0.261 e. The van der Waals surface area contributed by atoms with Gasteiger partial charge in [0.15, 0.2) is 5.11 Å². The number of rotatable bonds is 6. The minimum absolute atomic E-state index is 0.236. The number of halogens is 1. The summed E-state index contributed by atoms with van der Waals surface area (Å²) in [6.45, 7) is 2.66. The lowest BCUT2D eigenvalue weighted by Gasteiger charge is -2.14. The zero-order chi connectivity index (χ0) is 19.9. The molecule has 0 fully saturated rings. The molecule has 0 unspecified atom stereocenters. The van der Waals surface area contributed by atoms with Gasteiger partial charge in [-0.25, -0.2) is 0 Å². The smallest absolute Gasteiger partial charge is 0.261 e. The first-order chi connectivity index (χ1) is 13.6. The normalized spacial score (nSPS) is 10.5. The number of anilines is 1. The van der Waals surface area contributed by atoms with E-state index in [1.54, 1.807) is 12.1 Å². The summed E-state index contributed by atoms with van der Waals surface area (Å²) in [5, 5.41) is 8.28. The predicted octanol–water partition coefficient (Wildman–Crippen LogP) is 5.91. The molecule has 0 aliphatic rings. The van der Waals surface area contributed by atoms with Crippen molar-refractivity contribution in [2.24, 2.45) is 0 Å². The Morgan fingerprint density at radius 1 is 1.07 bits per heavy atom. The van der Waals surface area contributed by atoms with Crippen LogP contribution in [0, 0.1) is 0 Å². The number of benzene rings is 3. The largest absolute Gasteiger partial charge is 0.493 e. The summed E-state index contributed by atoms with van der Waals surface area (Å²) < 4.78 is 6.56. The second kappa shape index (κ2) is 9.66. The Kier molecular flexibility index (Phi) is 7.01. The number of ether oxygens (including phenoxy) is 1. The van der Waals surface area contributed by atoms with Crippen LogP contribution >= 0.6 is 28.1 Å². The number of unbranched alkanes of at least 4 members (excludes halogenated alkanes) is 1. The molecule has 0 radical (unpaired) electrons. The number of carbonyl (C=O) groups excluding carboxylic acids is 1. The van der Waals surface area contributed by atoms with E-state index in [0.29, 0.717) is 17.9 Å². The minimum atomic E-state index is -0.314. The van der Waals surface area contributed by atoms with E-state index in [-0.39, 0.29) is 11.0 Å². The Hall–Kier alpha value is -2.44. The first-order valence-corrected chi connectivity index (χ1v) is 10.3. The molecule has 0 atom stereocenters. The predicted molar refractivity (Wildman–Crippen MR) is 122 cm³/mol. The molecule has 0 aromatic heterocycles. The summed E-state index contributed by atoms with van der Waals surface area (Å²) in [6, 6.07) is 19.4. The molecule has 6 heteroatoms. The van der Waals surface area contributed by atoms with E-state index in [1.165, 1.54) is 0 Å². The Labute approximate surface area is 178 Å². The monoisotopic (exact) mass is 456 g/mol. The van der Waals surface area contributed by atoms with Crippen LogP contribution in [-0.4, -0.2) is 17.6 Å². The van der Waals surface area contributed by atoms with Crippen molar-refractivity contribution in [1.29, 1.82) is 0 Å². The van der Waals surface area contributed by atoms with Gasteiger partial charge in [0.25, 0.3) is 5.91 Å². The van der Waals surface area contributed by atoms with Gasteiger partial charge in [-0.3, -0.25) is 10.1 Å². The minimum Gasteiger partial charge on any atom is -0.493 e. The number of carbonyl (C=O) groups is 1. The van der Waals surface area contributed by atoms with Gasteiger partial charge in [0.05, 0.1) is 12.2 Å². The van der Waals surface area contributed by atoms with Crippen LogP contribution in [0.1, 0.15) is 30.1 Å². The third-order valence-corrected chi connectivity index (χ3v) is 4.87. The van der Waals surface area contributed by atoms with Gasteiger partial charge in [-0.15, -0.1) is 0 Å². The molecular formula is C22H21BrN2O2S. The number of fused-ring (bicyclic) bond motifs is 1.